The Bertz CT molecular complexity index is 838. The molecule has 0 unspecified atom stereocenters. The minimum atomic E-state index is 0.241. The lowest BCUT2D eigenvalue weighted by Crippen LogP contribution is -2.20. The minimum Gasteiger partial charge on any atom is -0.362 e. The number of nitrogens with one attached hydrogen (secondary N) is 1. The Kier molecular flexibility index (Phi) is 3.25. The van der Waals surface area contributed by atoms with E-state index in [4.69, 9.17) is 0 Å². The summed E-state index contributed by atoms with van der Waals surface area (Å²) in [5.41, 5.74) is 3.74. The summed E-state index contributed by atoms with van der Waals surface area (Å²) in [5.74, 6) is 0.794. The molecule has 23 heavy (non-hydrogen) atoms. The molecule has 1 atom stereocenters. The summed E-state index contributed by atoms with van der Waals surface area (Å²) in [6.45, 7) is 4.68. The van der Waals surface area contributed by atoms with E-state index in [1.807, 2.05) is 12.1 Å². The van der Waals surface area contributed by atoms with Gasteiger partial charge in [-0.2, -0.15) is 0 Å². The van der Waals surface area contributed by atoms with Gasteiger partial charge in [-0.05, 0) is 58.4 Å². The fourth-order valence-corrected chi connectivity index (χ4v) is 3.37. The van der Waals surface area contributed by atoms with Crippen LogP contribution in [0.25, 0.3) is 5.65 Å². The molecule has 0 aliphatic heterocycles. The molecular weight excluding hydrogens is 288 g/mol. The van der Waals surface area contributed by atoms with Gasteiger partial charge in [0.1, 0.15) is 5.82 Å². The highest BCUT2D eigenvalue weighted by atomic mass is 15.6. The van der Waals surface area contributed by atoms with Gasteiger partial charge in [-0.3, -0.25) is 0 Å². The fourth-order valence-electron chi connectivity index (χ4n) is 3.37. The van der Waals surface area contributed by atoms with E-state index in [0.717, 1.165) is 18.7 Å². The van der Waals surface area contributed by atoms with Crippen molar-refractivity contribution in [3.63, 3.8) is 0 Å². The lowest BCUT2D eigenvalue weighted by atomic mass is 9.83. The highest BCUT2D eigenvalue weighted by molar-refractivity contribution is 5.45. The Labute approximate surface area is 134 Å². The van der Waals surface area contributed by atoms with E-state index in [9.17, 15) is 0 Å². The van der Waals surface area contributed by atoms with Crippen LogP contribution in [0.4, 0.5) is 5.82 Å². The number of nitrogens with zero attached hydrogens (tertiary/aromatic N) is 5. The molecule has 1 aliphatic rings. The minimum absolute atomic E-state index is 0.241. The molecular formula is C17H20N6. The van der Waals surface area contributed by atoms with Crippen LogP contribution in [0.1, 0.15) is 43.9 Å². The molecule has 0 bridgehead atoms. The van der Waals surface area contributed by atoms with E-state index in [-0.39, 0.29) is 11.5 Å². The number of aromatic nitrogens is 5. The highest BCUT2D eigenvalue weighted by Gasteiger charge is 2.29. The topological polar surface area (TPSA) is 68.0 Å². The van der Waals surface area contributed by atoms with Crippen molar-refractivity contribution in [3.05, 3.63) is 47.5 Å². The van der Waals surface area contributed by atoms with Crippen LogP contribution >= 0.6 is 0 Å². The molecule has 6 heteroatoms. The summed E-state index contributed by atoms with van der Waals surface area (Å²) >= 11 is 0. The third kappa shape index (κ3) is 2.76. The van der Waals surface area contributed by atoms with Crippen molar-refractivity contribution in [2.75, 3.05) is 5.32 Å². The average molecular weight is 308 g/mol. The van der Waals surface area contributed by atoms with Crippen molar-refractivity contribution in [3.8, 4) is 0 Å². The van der Waals surface area contributed by atoms with Gasteiger partial charge < -0.3 is 5.32 Å². The number of rotatable bonds is 2. The number of benzene rings is 1. The van der Waals surface area contributed by atoms with Crippen LogP contribution in [-0.4, -0.2) is 25.3 Å². The van der Waals surface area contributed by atoms with E-state index in [1.54, 1.807) is 0 Å². The summed E-state index contributed by atoms with van der Waals surface area (Å²) in [6, 6.07) is 12.8. The summed E-state index contributed by atoms with van der Waals surface area (Å²) < 4.78 is 1.45. The van der Waals surface area contributed by atoms with Crippen molar-refractivity contribution in [1.82, 2.24) is 25.3 Å². The van der Waals surface area contributed by atoms with Crippen LogP contribution in [-0.2, 0) is 6.42 Å². The first-order valence-electron chi connectivity index (χ1n) is 8.01. The number of hydrogen-bond acceptors (Lipinski definition) is 5. The molecule has 3 aromatic rings. The van der Waals surface area contributed by atoms with Crippen molar-refractivity contribution >= 4 is 11.5 Å². The zero-order valence-electron chi connectivity index (χ0n) is 13.4. The zero-order chi connectivity index (χ0) is 15.9. The molecule has 0 spiro atoms. The molecule has 0 fully saturated rings. The molecule has 0 saturated carbocycles. The summed E-state index contributed by atoms with van der Waals surface area (Å²) in [6.07, 6.45) is 3.39. The van der Waals surface area contributed by atoms with Gasteiger partial charge in [-0.15, -0.1) is 14.8 Å². The third-order valence-electron chi connectivity index (χ3n) is 4.65. The molecule has 2 heterocycles. The van der Waals surface area contributed by atoms with Crippen LogP contribution < -0.4 is 5.32 Å². The van der Waals surface area contributed by atoms with Gasteiger partial charge in [-0.1, -0.05) is 38.1 Å². The van der Waals surface area contributed by atoms with Gasteiger partial charge in [0, 0.05) is 0 Å². The Morgan fingerprint density at radius 1 is 1.17 bits per heavy atom. The second-order valence-corrected chi connectivity index (χ2v) is 7.01. The lowest BCUT2D eigenvalue weighted by Gasteiger charge is -2.28. The largest absolute Gasteiger partial charge is 0.362 e. The average Bonchev–Trinajstić information content (AvgIpc) is 2.95. The van der Waals surface area contributed by atoms with E-state index < -0.39 is 0 Å². The van der Waals surface area contributed by atoms with Gasteiger partial charge in [0.05, 0.1) is 6.04 Å². The SMILES string of the molecule is CC1(C)CCc2ccccc2[C@H](Nc2ccc3nnnn3n2)C1. The van der Waals surface area contributed by atoms with Crippen LogP contribution in [0.3, 0.4) is 0 Å². The van der Waals surface area contributed by atoms with Gasteiger partial charge in [0.15, 0.2) is 5.65 Å². The van der Waals surface area contributed by atoms with Crippen molar-refractivity contribution < 1.29 is 0 Å². The van der Waals surface area contributed by atoms with Crippen molar-refractivity contribution in [2.45, 2.75) is 39.2 Å². The van der Waals surface area contributed by atoms with Crippen molar-refractivity contribution in [1.29, 1.82) is 0 Å². The monoisotopic (exact) mass is 308 g/mol. The molecule has 0 amide bonds. The first kappa shape index (κ1) is 14.1. The number of anilines is 1. The predicted octanol–water partition coefficient (Wildman–Crippen LogP) is 3.04. The molecule has 1 aromatic carbocycles. The normalized spacial score (nSPS) is 20.0. The molecule has 1 N–H and O–H groups in total. The second-order valence-electron chi connectivity index (χ2n) is 7.01. The van der Waals surface area contributed by atoms with Crippen LogP contribution in [0.15, 0.2) is 36.4 Å². The molecule has 118 valence electrons. The van der Waals surface area contributed by atoms with Crippen LogP contribution in [0.2, 0.25) is 0 Å². The third-order valence-corrected chi connectivity index (χ3v) is 4.65. The fraction of sp³-hybridized carbons (Fsp3) is 0.412. The first-order chi connectivity index (χ1) is 11.1. The van der Waals surface area contributed by atoms with E-state index >= 15 is 0 Å². The highest BCUT2D eigenvalue weighted by Crippen LogP contribution is 2.40. The molecule has 0 saturated heterocycles. The van der Waals surface area contributed by atoms with E-state index in [0.29, 0.717) is 5.65 Å². The molecule has 0 radical (unpaired) electrons. The molecule has 6 nitrogen and oxygen atoms in total. The molecule has 2 aromatic heterocycles. The Morgan fingerprint density at radius 3 is 2.96 bits per heavy atom. The van der Waals surface area contributed by atoms with Gasteiger partial charge in [0.25, 0.3) is 0 Å². The number of aryl methyl sites for hydroxylation is 1. The first-order valence-corrected chi connectivity index (χ1v) is 8.01. The Hall–Kier alpha value is -2.50. The second kappa shape index (κ2) is 5.30. The lowest BCUT2D eigenvalue weighted by molar-refractivity contribution is 0.300. The molecule has 4 rings (SSSR count). The standard InChI is InChI=1S/C17H20N6/c1-17(2)10-9-12-5-3-4-6-13(12)14(11-17)18-15-7-8-16-19-21-22-23(16)20-15/h3-8,14H,9-11H2,1-2H3,(H,18,20)/t14-/m1/s1. The zero-order valence-corrected chi connectivity index (χ0v) is 13.4. The quantitative estimate of drug-likeness (QED) is 0.737. The van der Waals surface area contributed by atoms with Gasteiger partial charge in [-0.25, -0.2) is 0 Å². The van der Waals surface area contributed by atoms with E-state index in [1.165, 1.54) is 22.2 Å². The number of tetrazole rings is 1. The number of fused-ring (bicyclic) bond motifs is 2. The van der Waals surface area contributed by atoms with Gasteiger partial charge in [0.2, 0.25) is 0 Å². The maximum atomic E-state index is 4.45. The smallest absolute Gasteiger partial charge is 0.200 e. The summed E-state index contributed by atoms with van der Waals surface area (Å²) in [5, 5.41) is 19.4. The Morgan fingerprint density at radius 2 is 2.04 bits per heavy atom. The van der Waals surface area contributed by atoms with Crippen LogP contribution in [0, 0.1) is 5.41 Å². The summed E-state index contributed by atoms with van der Waals surface area (Å²) in [4.78, 5) is 0. The van der Waals surface area contributed by atoms with Gasteiger partial charge >= 0.3 is 0 Å². The predicted molar refractivity (Wildman–Crippen MR) is 88.1 cm³/mol. The van der Waals surface area contributed by atoms with E-state index in [2.05, 4.69) is 64.1 Å². The molecule has 1 aliphatic carbocycles. The maximum absolute atomic E-state index is 4.45. The number of hydrogen-bond donors (Lipinski definition) is 1. The van der Waals surface area contributed by atoms with Crippen molar-refractivity contribution in [2.24, 2.45) is 5.41 Å². The maximum Gasteiger partial charge on any atom is 0.200 e. The Balaban J connectivity index is 1.70. The van der Waals surface area contributed by atoms with Crippen LogP contribution in [0.5, 0.6) is 0 Å². The summed E-state index contributed by atoms with van der Waals surface area (Å²) in [7, 11) is 0.